The summed E-state index contributed by atoms with van der Waals surface area (Å²) in [5.41, 5.74) is 0.842. The van der Waals surface area contributed by atoms with Crippen LogP contribution in [-0.2, 0) is 9.53 Å². The largest absolute Gasteiger partial charge is 0.481 e. The molecule has 2 aromatic rings. The van der Waals surface area contributed by atoms with Crippen molar-refractivity contribution in [2.24, 2.45) is 0 Å². The van der Waals surface area contributed by atoms with Gasteiger partial charge in [-0.2, -0.15) is 0 Å². The Morgan fingerprint density at radius 2 is 1.73 bits per heavy atom. The molecule has 2 amide bonds. The zero-order chi connectivity index (χ0) is 18.8. The Labute approximate surface area is 153 Å². The molecule has 0 bridgehead atoms. The van der Waals surface area contributed by atoms with Crippen molar-refractivity contribution >= 4 is 17.5 Å². The third kappa shape index (κ3) is 5.60. The Kier molecular flexibility index (Phi) is 7.64. The Balaban J connectivity index is 2.06. The average Bonchev–Trinajstić information content (AvgIpc) is 2.67. The van der Waals surface area contributed by atoms with Crippen LogP contribution in [0.1, 0.15) is 23.7 Å². The molecule has 0 aliphatic rings. The smallest absolute Gasteiger partial charge is 0.265 e. The minimum absolute atomic E-state index is 0.269. The standard InChI is InChI=1S/C20H24N2O4/c1-3-18(26-15-9-5-4-6-10-15)20(24)22-17-12-8-7-11-16(17)19(23)21-13-14-25-2/h4-12,18H,3,13-14H2,1-2H3,(H,21,23)(H,22,24)/t18-/m1/s1. The highest BCUT2D eigenvalue weighted by Crippen LogP contribution is 2.18. The van der Waals surface area contributed by atoms with E-state index in [0.717, 1.165) is 0 Å². The molecule has 1 atom stereocenters. The maximum absolute atomic E-state index is 12.6. The Morgan fingerprint density at radius 1 is 1.04 bits per heavy atom. The van der Waals surface area contributed by atoms with E-state index in [1.165, 1.54) is 0 Å². The van der Waals surface area contributed by atoms with Crippen molar-refractivity contribution in [1.82, 2.24) is 5.32 Å². The highest BCUT2D eigenvalue weighted by atomic mass is 16.5. The Hall–Kier alpha value is -2.86. The molecule has 0 spiro atoms. The number of benzene rings is 2. The molecule has 6 heteroatoms. The molecule has 0 aromatic heterocycles. The van der Waals surface area contributed by atoms with Gasteiger partial charge >= 0.3 is 0 Å². The van der Waals surface area contributed by atoms with Gasteiger partial charge in [0.2, 0.25) is 0 Å². The first kappa shape index (κ1) is 19.5. The number of amides is 2. The summed E-state index contributed by atoms with van der Waals surface area (Å²) in [7, 11) is 1.57. The van der Waals surface area contributed by atoms with Gasteiger partial charge < -0.3 is 20.1 Å². The van der Waals surface area contributed by atoms with Crippen molar-refractivity contribution in [3.63, 3.8) is 0 Å². The number of hydrogen-bond acceptors (Lipinski definition) is 4. The van der Waals surface area contributed by atoms with Gasteiger partial charge in [0.05, 0.1) is 17.9 Å². The minimum Gasteiger partial charge on any atom is -0.481 e. The lowest BCUT2D eigenvalue weighted by atomic mass is 10.1. The van der Waals surface area contributed by atoms with Crippen molar-refractivity contribution in [3.8, 4) is 5.75 Å². The first-order chi connectivity index (χ1) is 12.7. The molecule has 138 valence electrons. The number of carbonyl (C=O) groups is 2. The fraction of sp³-hybridized carbons (Fsp3) is 0.300. The maximum Gasteiger partial charge on any atom is 0.265 e. The SMILES string of the molecule is CC[C@@H](Oc1ccccc1)C(=O)Nc1ccccc1C(=O)NCCOC. The van der Waals surface area contributed by atoms with E-state index in [2.05, 4.69) is 10.6 Å². The zero-order valence-electron chi connectivity index (χ0n) is 15.0. The van der Waals surface area contributed by atoms with Gasteiger partial charge in [0.25, 0.3) is 11.8 Å². The van der Waals surface area contributed by atoms with Crippen molar-refractivity contribution in [3.05, 3.63) is 60.2 Å². The van der Waals surface area contributed by atoms with Gasteiger partial charge in [0, 0.05) is 13.7 Å². The molecule has 0 radical (unpaired) electrons. The second-order valence-corrected chi connectivity index (χ2v) is 5.61. The summed E-state index contributed by atoms with van der Waals surface area (Å²) in [6, 6.07) is 16.0. The summed E-state index contributed by atoms with van der Waals surface area (Å²) >= 11 is 0. The van der Waals surface area contributed by atoms with E-state index < -0.39 is 6.10 Å². The van der Waals surface area contributed by atoms with Gasteiger partial charge in [0.15, 0.2) is 6.10 Å². The number of hydrogen-bond donors (Lipinski definition) is 2. The van der Waals surface area contributed by atoms with E-state index in [1.807, 2.05) is 25.1 Å². The van der Waals surface area contributed by atoms with Crippen LogP contribution in [0.15, 0.2) is 54.6 Å². The van der Waals surface area contributed by atoms with Crippen LogP contribution in [0.25, 0.3) is 0 Å². The Morgan fingerprint density at radius 3 is 2.42 bits per heavy atom. The lowest BCUT2D eigenvalue weighted by Crippen LogP contribution is -2.34. The first-order valence-corrected chi connectivity index (χ1v) is 8.54. The summed E-state index contributed by atoms with van der Waals surface area (Å²) in [6.45, 7) is 2.69. The van der Waals surface area contributed by atoms with E-state index in [-0.39, 0.29) is 11.8 Å². The third-order valence-electron chi connectivity index (χ3n) is 3.71. The molecule has 0 saturated carbocycles. The molecule has 26 heavy (non-hydrogen) atoms. The molecule has 6 nitrogen and oxygen atoms in total. The van der Waals surface area contributed by atoms with Crippen molar-refractivity contribution in [2.45, 2.75) is 19.4 Å². The number of rotatable bonds is 9. The predicted octanol–water partition coefficient (Wildman–Crippen LogP) is 2.86. The molecule has 2 aromatic carbocycles. The minimum atomic E-state index is -0.651. The molecule has 0 saturated heterocycles. The van der Waals surface area contributed by atoms with Crippen LogP contribution >= 0.6 is 0 Å². The number of nitrogens with one attached hydrogen (secondary N) is 2. The molecule has 2 rings (SSSR count). The Bertz CT molecular complexity index is 719. The maximum atomic E-state index is 12.6. The van der Waals surface area contributed by atoms with Gasteiger partial charge in [-0.3, -0.25) is 9.59 Å². The van der Waals surface area contributed by atoms with Gasteiger partial charge in [0.1, 0.15) is 5.75 Å². The molecule has 0 unspecified atom stereocenters. The molecule has 0 fully saturated rings. The zero-order valence-corrected chi connectivity index (χ0v) is 15.0. The highest BCUT2D eigenvalue weighted by Gasteiger charge is 2.20. The topological polar surface area (TPSA) is 76.7 Å². The van der Waals surface area contributed by atoms with E-state index in [1.54, 1.807) is 43.5 Å². The number of carbonyl (C=O) groups excluding carboxylic acids is 2. The van der Waals surface area contributed by atoms with Crippen LogP contribution < -0.4 is 15.4 Å². The fourth-order valence-electron chi connectivity index (χ4n) is 2.35. The quantitative estimate of drug-likeness (QED) is 0.678. The summed E-state index contributed by atoms with van der Waals surface area (Å²) in [4.78, 5) is 24.9. The lowest BCUT2D eigenvalue weighted by molar-refractivity contribution is -0.122. The first-order valence-electron chi connectivity index (χ1n) is 8.54. The molecule has 0 heterocycles. The van der Waals surface area contributed by atoms with Gasteiger partial charge in [-0.05, 0) is 30.7 Å². The van der Waals surface area contributed by atoms with Crippen LogP contribution in [0.2, 0.25) is 0 Å². The average molecular weight is 356 g/mol. The second-order valence-electron chi connectivity index (χ2n) is 5.61. The number of ether oxygens (including phenoxy) is 2. The summed E-state index contributed by atoms with van der Waals surface area (Å²) < 4.78 is 10.7. The molecular weight excluding hydrogens is 332 g/mol. The fourth-order valence-corrected chi connectivity index (χ4v) is 2.35. The van der Waals surface area contributed by atoms with E-state index in [9.17, 15) is 9.59 Å². The van der Waals surface area contributed by atoms with Crippen molar-refractivity contribution in [2.75, 3.05) is 25.6 Å². The van der Waals surface area contributed by atoms with Gasteiger partial charge in [-0.15, -0.1) is 0 Å². The van der Waals surface area contributed by atoms with E-state index in [0.29, 0.717) is 36.6 Å². The predicted molar refractivity (Wildman–Crippen MR) is 100 cm³/mol. The van der Waals surface area contributed by atoms with Gasteiger partial charge in [-0.25, -0.2) is 0 Å². The number of para-hydroxylation sites is 2. The third-order valence-corrected chi connectivity index (χ3v) is 3.71. The summed E-state index contributed by atoms with van der Waals surface area (Å²) in [5, 5.41) is 5.55. The molecule has 2 N–H and O–H groups in total. The van der Waals surface area contributed by atoms with Crippen LogP contribution in [0.3, 0.4) is 0 Å². The highest BCUT2D eigenvalue weighted by molar-refractivity contribution is 6.04. The van der Waals surface area contributed by atoms with Gasteiger partial charge in [-0.1, -0.05) is 37.3 Å². The second kappa shape index (κ2) is 10.2. The summed E-state index contributed by atoms with van der Waals surface area (Å²) in [6.07, 6.45) is -0.148. The van der Waals surface area contributed by atoms with Crippen molar-refractivity contribution in [1.29, 1.82) is 0 Å². The molecule has 0 aliphatic carbocycles. The summed E-state index contributed by atoms with van der Waals surface area (Å²) in [5.74, 6) is 0.0589. The molecule has 0 aliphatic heterocycles. The van der Waals surface area contributed by atoms with E-state index >= 15 is 0 Å². The van der Waals surface area contributed by atoms with Crippen LogP contribution in [-0.4, -0.2) is 38.2 Å². The monoisotopic (exact) mass is 356 g/mol. The van der Waals surface area contributed by atoms with Crippen LogP contribution in [0.5, 0.6) is 5.75 Å². The molecular formula is C20H24N2O4. The van der Waals surface area contributed by atoms with Crippen LogP contribution in [0.4, 0.5) is 5.69 Å². The normalized spacial score (nSPS) is 11.5. The number of anilines is 1. The lowest BCUT2D eigenvalue weighted by Gasteiger charge is -2.18. The van der Waals surface area contributed by atoms with Crippen LogP contribution in [0, 0.1) is 0 Å². The van der Waals surface area contributed by atoms with Crippen molar-refractivity contribution < 1.29 is 19.1 Å². The van der Waals surface area contributed by atoms with E-state index in [4.69, 9.17) is 9.47 Å². The number of methoxy groups -OCH3 is 1.